The number of hydrogen-bond acceptors (Lipinski definition) is 7. The molecule has 9 heteroatoms. The van der Waals surface area contributed by atoms with Crippen molar-refractivity contribution in [1.29, 1.82) is 0 Å². The van der Waals surface area contributed by atoms with E-state index in [9.17, 15) is 9.18 Å². The summed E-state index contributed by atoms with van der Waals surface area (Å²) in [5.41, 5.74) is 2.98. The molecule has 3 aromatic carbocycles. The lowest BCUT2D eigenvalue weighted by Gasteiger charge is -2.22. The lowest BCUT2D eigenvalue weighted by Crippen LogP contribution is -2.28. The van der Waals surface area contributed by atoms with Crippen LogP contribution in [0.2, 0.25) is 0 Å². The predicted octanol–water partition coefficient (Wildman–Crippen LogP) is 5.35. The molecule has 0 spiro atoms. The molecule has 176 valence electrons. The first kappa shape index (κ1) is 22.8. The van der Waals surface area contributed by atoms with Crippen LogP contribution in [0.5, 0.6) is 5.75 Å². The topological polar surface area (TPSA) is 80.8 Å². The highest BCUT2D eigenvalue weighted by Gasteiger charge is 2.33. The summed E-state index contributed by atoms with van der Waals surface area (Å²) in [6.07, 6.45) is 0.588. The molecule has 0 unspecified atom stereocenters. The van der Waals surface area contributed by atoms with Crippen molar-refractivity contribution in [2.45, 2.75) is 17.7 Å². The number of amides is 1. The zero-order valence-corrected chi connectivity index (χ0v) is 19.6. The number of halogens is 1. The van der Waals surface area contributed by atoms with E-state index in [2.05, 4.69) is 15.3 Å². The molecular formula is C26H21FN4O3S. The summed E-state index contributed by atoms with van der Waals surface area (Å²) in [4.78, 5) is 13.3. The minimum absolute atomic E-state index is 0.0388. The molecular weight excluding hydrogens is 467 g/mol. The second kappa shape index (κ2) is 10.1. The van der Waals surface area contributed by atoms with Crippen molar-refractivity contribution < 1.29 is 18.3 Å². The average Bonchev–Trinajstić information content (AvgIpc) is 3.56. The van der Waals surface area contributed by atoms with Gasteiger partial charge in [0.05, 0.1) is 30.2 Å². The zero-order valence-electron chi connectivity index (χ0n) is 18.8. The molecule has 1 amide bonds. The molecule has 7 nitrogen and oxygen atoms in total. The molecule has 2 heterocycles. The molecule has 0 N–H and O–H groups in total. The Labute approximate surface area is 205 Å². The fraction of sp³-hybridized carbons (Fsp3) is 0.154. The van der Waals surface area contributed by atoms with Gasteiger partial charge in [0.25, 0.3) is 17.0 Å². The molecule has 0 radical (unpaired) electrons. The van der Waals surface area contributed by atoms with E-state index in [0.717, 1.165) is 34.3 Å². The van der Waals surface area contributed by atoms with Crippen LogP contribution >= 0.6 is 11.8 Å². The number of benzene rings is 3. The summed E-state index contributed by atoms with van der Waals surface area (Å²) in [6.45, 7) is 0. The van der Waals surface area contributed by atoms with Crippen molar-refractivity contribution in [3.63, 3.8) is 0 Å². The highest BCUT2D eigenvalue weighted by Crippen LogP contribution is 2.34. The normalized spacial score (nSPS) is 15.2. The molecule has 0 saturated carbocycles. The maximum atomic E-state index is 14.0. The van der Waals surface area contributed by atoms with E-state index in [-0.39, 0.29) is 34.4 Å². The second-order valence-electron chi connectivity index (χ2n) is 7.79. The predicted molar refractivity (Wildman–Crippen MR) is 131 cm³/mol. The minimum Gasteiger partial charge on any atom is -0.497 e. The van der Waals surface area contributed by atoms with Crippen LogP contribution in [-0.4, -0.2) is 39.7 Å². The van der Waals surface area contributed by atoms with Gasteiger partial charge in [0.2, 0.25) is 0 Å². The van der Waals surface area contributed by atoms with Gasteiger partial charge in [-0.3, -0.25) is 4.79 Å². The Morgan fingerprint density at radius 1 is 1.06 bits per heavy atom. The third-order valence-corrected chi connectivity index (χ3v) is 6.41. The second-order valence-corrected chi connectivity index (χ2v) is 8.71. The van der Waals surface area contributed by atoms with Gasteiger partial charge in [-0.1, -0.05) is 66.4 Å². The molecule has 5 rings (SSSR count). The Morgan fingerprint density at radius 3 is 2.54 bits per heavy atom. The van der Waals surface area contributed by atoms with Crippen molar-refractivity contribution in [3.05, 3.63) is 95.8 Å². The van der Waals surface area contributed by atoms with Crippen LogP contribution < -0.4 is 4.74 Å². The summed E-state index contributed by atoms with van der Waals surface area (Å²) in [5, 5.41) is 14.2. The highest BCUT2D eigenvalue weighted by molar-refractivity contribution is 7.99. The minimum atomic E-state index is -0.453. The Kier molecular flexibility index (Phi) is 6.58. The van der Waals surface area contributed by atoms with Crippen LogP contribution in [0.4, 0.5) is 4.39 Å². The number of carbonyl (C=O) groups excluding carboxylic acids is 1. The van der Waals surface area contributed by atoms with Gasteiger partial charge in [0.15, 0.2) is 0 Å². The maximum Gasteiger partial charge on any atom is 0.277 e. The summed E-state index contributed by atoms with van der Waals surface area (Å²) in [5.74, 6) is 0.196. The fourth-order valence-electron chi connectivity index (χ4n) is 3.83. The molecule has 0 aliphatic carbocycles. The highest BCUT2D eigenvalue weighted by atomic mass is 32.2. The van der Waals surface area contributed by atoms with Crippen molar-refractivity contribution in [1.82, 2.24) is 15.2 Å². The van der Waals surface area contributed by atoms with E-state index in [1.165, 1.54) is 11.1 Å². The molecule has 35 heavy (non-hydrogen) atoms. The van der Waals surface area contributed by atoms with Gasteiger partial charge in [-0.25, -0.2) is 9.40 Å². The number of rotatable bonds is 7. The Hall–Kier alpha value is -3.98. The first-order chi connectivity index (χ1) is 17.1. The van der Waals surface area contributed by atoms with Gasteiger partial charge in [-0.2, -0.15) is 5.10 Å². The molecule has 4 aromatic rings. The SMILES string of the molecule is COc1ccc([C@@H]2CC(c3ccccc3)=NN2C(=O)CSc2nnc(-c3ccccc3F)o2)cc1. The molecule has 1 aliphatic rings. The lowest BCUT2D eigenvalue weighted by atomic mass is 9.98. The standard InChI is InChI=1S/C26H21FN4O3S/c1-33-19-13-11-18(12-14-19)23-15-22(17-7-3-2-4-8-17)30-31(23)24(32)16-35-26-29-28-25(34-26)20-9-5-6-10-21(20)27/h2-14,23H,15-16H2,1H3/t23-/m0/s1. The van der Waals surface area contributed by atoms with Gasteiger partial charge in [-0.05, 0) is 35.4 Å². The van der Waals surface area contributed by atoms with E-state index >= 15 is 0 Å². The van der Waals surface area contributed by atoms with Gasteiger partial charge < -0.3 is 9.15 Å². The molecule has 0 saturated heterocycles. The molecule has 0 fully saturated rings. The number of hydrazone groups is 1. The van der Waals surface area contributed by atoms with Crippen LogP contribution in [0.1, 0.15) is 23.6 Å². The molecule has 1 aliphatic heterocycles. The van der Waals surface area contributed by atoms with E-state index in [1.54, 1.807) is 25.3 Å². The Morgan fingerprint density at radius 2 is 1.80 bits per heavy atom. The van der Waals surface area contributed by atoms with Crippen LogP contribution in [0, 0.1) is 5.82 Å². The number of carbonyl (C=O) groups is 1. The monoisotopic (exact) mass is 488 g/mol. The molecule has 1 atom stereocenters. The Bertz CT molecular complexity index is 1360. The van der Waals surface area contributed by atoms with Gasteiger partial charge in [-0.15, -0.1) is 10.2 Å². The summed E-state index contributed by atoms with van der Waals surface area (Å²) in [6, 6.07) is 23.3. The van der Waals surface area contributed by atoms with E-state index in [0.29, 0.717) is 6.42 Å². The van der Waals surface area contributed by atoms with Gasteiger partial charge in [0, 0.05) is 6.42 Å². The lowest BCUT2D eigenvalue weighted by molar-refractivity contribution is -0.130. The van der Waals surface area contributed by atoms with Crippen molar-refractivity contribution in [3.8, 4) is 17.2 Å². The largest absolute Gasteiger partial charge is 0.497 e. The number of methoxy groups -OCH3 is 1. The quantitative estimate of drug-likeness (QED) is 0.326. The summed E-state index contributed by atoms with van der Waals surface area (Å²) in [7, 11) is 1.61. The van der Waals surface area contributed by atoms with Crippen molar-refractivity contribution in [2.75, 3.05) is 12.9 Å². The van der Waals surface area contributed by atoms with Crippen molar-refractivity contribution >= 4 is 23.4 Å². The number of hydrogen-bond donors (Lipinski definition) is 0. The first-order valence-electron chi connectivity index (χ1n) is 10.9. The third-order valence-electron chi connectivity index (χ3n) is 5.60. The van der Waals surface area contributed by atoms with E-state index in [4.69, 9.17) is 9.15 Å². The number of ether oxygens (including phenoxy) is 1. The van der Waals surface area contributed by atoms with E-state index in [1.807, 2.05) is 54.6 Å². The molecule has 1 aromatic heterocycles. The smallest absolute Gasteiger partial charge is 0.277 e. The maximum absolute atomic E-state index is 14.0. The fourth-order valence-corrected chi connectivity index (χ4v) is 4.45. The number of thioether (sulfide) groups is 1. The zero-order chi connectivity index (χ0) is 24.2. The molecule has 0 bridgehead atoms. The third kappa shape index (κ3) is 4.95. The first-order valence-corrected chi connectivity index (χ1v) is 11.9. The summed E-state index contributed by atoms with van der Waals surface area (Å²) < 4.78 is 24.9. The summed E-state index contributed by atoms with van der Waals surface area (Å²) >= 11 is 1.09. The van der Waals surface area contributed by atoms with Crippen molar-refractivity contribution in [2.24, 2.45) is 5.10 Å². The van der Waals surface area contributed by atoms with Crippen LogP contribution in [0.25, 0.3) is 11.5 Å². The van der Waals surface area contributed by atoms with E-state index < -0.39 is 5.82 Å². The van der Waals surface area contributed by atoms with Gasteiger partial charge in [0.1, 0.15) is 11.6 Å². The number of aromatic nitrogens is 2. The average molecular weight is 489 g/mol. The van der Waals surface area contributed by atoms with Crippen LogP contribution in [-0.2, 0) is 4.79 Å². The van der Waals surface area contributed by atoms with Gasteiger partial charge >= 0.3 is 0 Å². The van der Waals surface area contributed by atoms with Crippen LogP contribution in [0.3, 0.4) is 0 Å². The number of nitrogens with zero attached hydrogens (tertiary/aromatic N) is 4. The van der Waals surface area contributed by atoms with Crippen LogP contribution in [0.15, 0.2) is 93.6 Å². The Balaban J connectivity index is 1.34.